The molecule has 2 aliphatic rings. The average Bonchev–Trinajstić information content (AvgIpc) is 3.20. The lowest BCUT2D eigenvalue weighted by atomic mass is 10.1. The summed E-state index contributed by atoms with van der Waals surface area (Å²) in [6.45, 7) is 5.95. The first-order valence-electron chi connectivity index (χ1n) is 10.3. The van der Waals surface area contributed by atoms with Crippen LogP contribution in [-0.2, 0) is 11.2 Å². The van der Waals surface area contributed by atoms with Gasteiger partial charge in [-0.25, -0.2) is 0 Å². The van der Waals surface area contributed by atoms with Gasteiger partial charge in [0, 0.05) is 28.4 Å². The van der Waals surface area contributed by atoms with Crippen LogP contribution in [0, 0.1) is 6.92 Å². The number of hydrogen-bond donors (Lipinski definition) is 2. The van der Waals surface area contributed by atoms with E-state index in [-0.39, 0.29) is 5.75 Å². The zero-order valence-corrected chi connectivity index (χ0v) is 17.6. The summed E-state index contributed by atoms with van der Waals surface area (Å²) in [7, 11) is 0. The maximum absolute atomic E-state index is 10.0. The van der Waals surface area contributed by atoms with Gasteiger partial charge in [-0.1, -0.05) is 23.7 Å². The first kappa shape index (κ1) is 19.3. The average molecular weight is 424 g/mol. The second-order valence-electron chi connectivity index (χ2n) is 7.80. The van der Waals surface area contributed by atoms with E-state index in [9.17, 15) is 5.11 Å². The van der Waals surface area contributed by atoms with Gasteiger partial charge in [-0.2, -0.15) is 9.97 Å². The number of halogens is 1. The predicted octanol–water partition coefficient (Wildman–Crippen LogP) is 3.05. The van der Waals surface area contributed by atoms with Gasteiger partial charge < -0.3 is 14.7 Å². The van der Waals surface area contributed by atoms with Crippen molar-refractivity contribution in [2.75, 3.05) is 37.7 Å². The number of quaternary nitrogens is 1. The molecule has 2 aromatic carbocycles. The molecule has 0 amide bonds. The first-order chi connectivity index (χ1) is 14.6. The number of phenolic OH excluding ortho intramolecular Hbond substituents is 1. The zero-order chi connectivity index (χ0) is 20.7. The highest BCUT2D eigenvalue weighted by Gasteiger charge is 2.31. The Morgan fingerprint density at radius 3 is 2.70 bits per heavy atom. The highest BCUT2D eigenvalue weighted by molar-refractivity contribution is 6.31. The van der Waals surface area contributed by atoms with Crippen molar-refractivity contribution >= 4 is 29.1 Å². The number of nitrogens with one attached hydrogen (secondary N) is 1. The number of phenols is 1. The fraction of sp³-hybridized carbons (Fsp3) is 0.304. The van der Waals surface area contributed by atoms with Crippen LogP contribution in [0.5, 0.6) is 5.75 Å². The number of benzene rings is 2. The summed E-state index contributed by atoms with van der Waals surface area (Å²) in [6, 6.07) is 13.4. The molecule has 3 heterocycles. The van der Waals surface area contributed by atoms with Crippen molar-refractivity contribution in [2.45, 2.75) is 13.3 Å². The molecule has 1 fully saturated rings. The van der Waals surface area contributed by atoms with Gasteiger partial charge in [0.1, 0.15) is 24.7 Å². The summed E-state index contributed by atoms with van der Waals surface area (Å²) >= 11 is 6.25. The van der Waals surface area contributed by atoms with Gasteiger partial charge in [-0.3, -0.25) is 4.90 Å². The van der Waals surface area contributed by atoms with Gasteiger partial charge in [0.25, 0.3) is 0 Å². The van der Waals surface area contributed by atoms with Crippen molar-refractivity contribution in [1.29, 1.82) is 0 Å². The van der Waals surface area contributed by atoms with Crippen molar-refractivity contribution in [3.63, 3.8) is 0 Å². The highest BCUT2D eigenvalue weighted by atomic mass is 35.5. The van der Waals surface area contributed by atoms with Crippen molar-refractivity contribution in [3.8, 4) is 17.0 Å². The molecule has 0 aliphatic carbocycles. The van der Waals surface area contributed by atoms with E-state index in [1.54, 1.807) is 12.1 Å². The molecule has 0 unspecified atom stereocenters. The number of aromatic nitrogens is 2. The molecule has 0 radical (unpaired) electrons. The van der Waals surface area contributed by atoms with Crippen molar-refractivity contribution in [3.05, 3.63) is 58.6 Å². The van der Waals surface area contributed by atoms with E-state index in [2.05, 4.69) is 11.0 Å². The van der Waals surface area contributed by atoms with E-state index in [1.807, 2.05) is 31.2 Å². The predicted molar refractivity (Wildman–Crippen MR) is 117 cm³/mol. The quantitative estimate of drug-likeness (QED) is 0.678. The van der Waals surface area contributed by atoms with Gasteiger partial charge >= 0.3 is 5.95 Å². The molecule has 0 bridgehead atoms. The minimum absolute atomic E-state index is 0.239. The number of hydrogen-bond acceptors (Lipinski definition) is 5. The van der Waals surface area contributed by atoms with Gasteiger partial charge in [0.2, 0.25) is 0 Å². The van der Waals surface area contributed by atoms with Gasteiger partial charge in [-0.05, 0) is 49.2 Å². The number of aromatic hydroxyl groups is 1. The molecule has 6 nitrogen and oxygen atoms in total. The van der Waals surface area contributed by atoms with Crippen LogP contribution < -0.4 is 9.80 Å². The Balaban J connectivity index is 1.65. The molecule has 2 N–H and O–H groups in total. The standard InChI is InChI=1S/C23H23ClN4O2/c1-15-13-17(5-6-20(15)24)28-8-7-19-21(16-3-2-4-18(29)14-16)25-23(26-22(19)28)27-9-11-30-12-10-27/h2-6,13-14,29H,7-12H2,1H3/p+1. The van der Waals surface area contributed by atoms with Crippen LogP contribution in [0.2, 0.25) is 5.02 Å². The Kier molecular flexibility index (Phi) is 5.06. The summed E-state index contributed by atoms with van der Waals surface area (Å²) in [5, 5.41) is 10.8. The maximum atomic E-state index is 10.0. The Labute approximate surface area is 180 Å². The third-order valence-corrected chi connectivity index (χ3v) is 6.24. The lowest BCUT2D eigenvalue weighted by Gasteiger charge is -2.24. The molecule has 5 rings (SSSR count). The lowest BCUT2D eigenvalue weighted by molar-refractivity contribution is -0.847. The van der Waals surface area contributed by atoms with E-state index in [1.165, 1.54) is 4.90 Å². The summed E-state index contributed by atoms with van der Waals surface area (Å²) in [4.78, 5) is 13.5. The number of ether oxygens (including phenoxy) is 1. The first-order valence-corrected chi connectivity index (χ1v) is 10.6. The van der Waals surface area contributed by atoms with Crippen molar-refractivity contribution in [2.24, 2.45) is 0 Å². The molecule has 2 aliphatic heterocycles. The fourth-order valence-electron chi connectivity index (χ4n) is 4.19. The largest absolute Gasteiger partial charge is 0.508 e. The molecule has 0 atom stereocenters. The van der Waals surface area contributed by atoms with E-state index in [0.717, 1.165) is 70.9 Å². The monoisotopic (exact) mass is 423 g/mol. The number of aryl methyl sites for hydroxylation is 1. The highest BCUT2D eigenvalue weighted by Crippen LogP contribution is 2.39. The summed E-state index contributed by atoms with van der Waals surface area (Å²) < 4.78 is 5.53. The number of fused-ring (bicyclic) bond motifs is 1. The third-order valence-electron chi connectivity index (χ3n) is 5.81. The summed E-state index contributed by atoms with van der Waals surface area (Å²) in [5.41, 5.74) is 5.06. The van der Waals surface area contributed by atoms with E-state index in [0.29, 0.717) is 13.2 Å². The number of rotatable bonds is 3. The van der Waals surface area contributed by atoms with Crippen LogP contribution in [0.25, 0.3) is 11.3 Å². The van der Waals surface area contributed by atoms with Crippen LogP contribution in [0.4, 0.5) is 17.5 Å². The normalized spacial score (nSPS) is 16.7. The minimum atomic E-state index is 0.239. The number of nitrogens with zero attached hydrogens (tertiary/aromatic N) is 3. The number of morpholine rings is 1. The second kappa shape index (κ2) is 7.87. The smallest absolute Gasteiger partial charge is 0.329 e. The second-order valence-corrected chi connectivity index (χ2v) is 8.21. The molecule has 30 heavy (non-hydrogen) atoms. The number of anilines is 2. The van der Waals surface area contributed by atoms with Gasteiger partial charge in [-0.15, -0.1) is 0 Å². The van der Waals surface area contributed by atoms with Crippen LogP contribution >= 0.6 is 11.6 Å². The fourth-order valence-corrected chi connectivity index (χ4v) is 4.31. The molecule has 1 saturated heterocycles. The molecule has 0 saturated carbocycles. The Morgan fingerprint density at radius 1 is 1.10 bits per heavy atom. The lowest BCUT2D eigenvalue weighted by Crippen LogP contribution is -3.10. The van der Waals surface area contributed by atoms with E-state index < -0.39 is 0 Å². The van der Waals surface area contributed by atoms with Crippen LogP contribution in [-0.4, -0.2) is 47.9 Å². The van der Waals surface area contributed by atoms with Crippen LogP contribution in [0.1, 0.15) is 11.1 Å². The Hall–Kier alpha value is -2.67. The Bertz CT molecular complexity index is 1100. The van der Waals surface area contributed by atoms with Gasteiger partial charge in [0.05, 0.1) is 18.9 Å². The van der Waals surface area contributed by atoms with Gasteiger partial charge in [0.15, 0.2) is 0 Å². The summed E-state index contributed by atoms with van der Waals surface area (Å²) in [5.74, 6) is 1.97. The molecular formula is C23H24ClN4O2+. The zero-order valence-electron chi connectivity index (χ0n) is 16.9. The molecule has 3 aromatic rings. The maximum Gasteiger partial charge on any atom is 0.329 e. The van der Waals surface area contributed by atoms with E-state index >= 15 is 0 Å². The van der Waals surface area contributed by atoms with Crippen LogP contribution in [0.15, 0.2) is 42.5 Å². The minimum Gasteiger partial charge on any atom is -0.508 e. The van der Waals surface area contributed by atoms with Crippen LogP contribution in [0.3, 0.4) is 0 Å². The Morgan fingerprint density at radius 2 is 1.93 bits per heavy atom. The molecule has 154 valence electrons. The molecule has 0 spiro atoms. The molecule has 7 heteroatoms. The topological polar surface area (TPSA) is 62.9 Å². The van der Waals surface area contributed by atoms with Crippen molar-refractivity contribution < 1.29 is 14.7 Å². The van der Waals surface area contributed by atoms with E-state index in [4.69, 9.17) is 26.3 Å². The van der Waals surface area contributed by atoms with Crippen molar-refractivity contribution in [1.82, 2.24) is 9.97 Å². The molecule has 1 aromatic heterocycles. The molecular weight excluding hydrogens is 400 g/mol. The third kappa shape index (κ3) is 3.51. The summed E-state index contributed by atoms with van der Waals surface area (Å²) in [6.07, 6.45) is 0.848. The SMILES string of the molecule is Cc1cc(N2CCc3c(-c4cccc(O)c4)nc([NH+]4CCOCC4)nc32)ccc1Cl.